The molecule has 0 spiro atoms. The van der Waals surface area contributed by atoms with Crippen molar-refractivity contribution in [3.63, 3.8) is 0 Å². The molecule has 162 valence electrons. The number of aromatic amines is 1. The molecule has 1 amide bonds. The van der Waals surface area contributed by atoms with Gasteiger partial charge in [0.2, 0.25) is 17.6 Å². The first-order valence-corrected chi connectivity index (χ1v) is 10.7. The smallest absolute Gasteiger partial charge is 0.244 e. The summed E-state index contributed by atoms with van der Waals surface area (Å²) < 4.78 is 5.62. The first-order chi connectivity index (χ1) is 15.2. The maximum atomic E-state index is 11.4. The molecular weight excluding hydrogens is 396 g/mol. The number of aromatic nitrogens is 5. The first-order valence-electron chi connectivity index (χ1n) is 10.7. The Bertz CT molecular complexity index is 1010. The standard InChI is InChI=1S/C21H26N8O2/c22-19(30)14-5-10-28(11-6-14)18-4-3-15(12-25-18)20-26-21(31-27-20)16-2-1-9-29(16)13-17-23-7-8-24-17/h3-4,7-8,12,14,16H,1-2,5-6,9-11,13H2,(H2,22,30)(H,23,24). The number of pyridine rings is 1. The van der Waals surface area contributed by atoms with Crippen molar-refractivity contribution < 1.29 is 9.32 Å². The lowest BCUT2D eigenvalue weighted by atomic mass is 9.96. The highest BCUT2D eigenvalue weighted by Crippen LogP contribution is 2.33. The molecule has 3 aromatic heterocycles. The molecule has 0 saturated carbocycles. The summed E-state index contributed by atoms with van der Waals surface area (Å²) in [5, 5.41) is 4.19. The minimum Gasteiger partial charge on any atom is -0.369 e. The Labute approximate surface area is 179 Å². The second-order valence-electron chi connectivity index (χ2n) is 8.19. The number of piperidine rings is 1. The third kappa shape index (κ3) is 4.15. The fraction of sp³-hybridized carbons (Fsp3) is 0.476. The number of H-pyrrole nitrogens is 1. The fourth-order valence-corrected chi connectivity index (χ4v) is 4.46. The lowest BCUT2D eigenvalue weighted by molar-refractivity contribution is -0.122. The van der Waals surface area contributed by atoms with Crippen LogP contribution in [0, 0.1) is 5.92 Å². The van der Waals surface area contributed by atoms with Gasteiger partial charge in [0.05, 0.1) is 12.6 Å². The van der Waals surface area contributed by atoms with Crippen LogP contribution in [-0.2, 0) is 11.3 Å². The Morgan fingerprint density at radius 1 is 1.19 bits per heavy atom. The molecule has 0 bridgehead atoms. The van der Waals surface area contributed by atoms with Gasteiger partial charge < -0.3 is 20.1 Å². The van der Waals surface area contributed by atoms with Crippen molar-refractivity contribution in [2.24, 2.45) is 11.7 Å². The number of imidazole rings is 1. The number of amides is 1. The van der Waals surface area contributed by atoms with Gasteiger partial charge in [-0.3, -0.25) is 9.69 Å². The number of hydrogen-bond acceptors (Lipinski definition) is 8. The van der Waals surface area contributed by atoms with Gasteiger partial charge in [-0.2, -0.15) is 4.98 Å². The van der Waals surface area contributed by atoms with E-state index in [0.717, 1.165) is 69.1 Å². The number of nitrogens with two attached hydrogens (primary N) is 1. The maximum Gasteiger partial charge on any atom is 0.244 e. The van der Waals surface area contributed by atoms with Gasteiger partial charge in [-0.25, -0.2) is 9.97 Å². The predicted octanol–water partition coefficient (Wildman–Crippen LogP) is 1.89. The average Bonchev–Trinajstić information content (AvgIpc) is 3.56. The van der Waals surface area contributed by atoms with Crippen molar-refractivity contribution >= 4 is 11.7 Å². The topological polar surface area (TPSA) is 130 Å². The molecule has 5 rings (SSSR count). The van der Waals surface area contributed by atoms with Crippen LogP contribution in [0.4, 0.5) is 5.82 Å². The van der Waals surface area contributed by atoms with Crippen LogP contribution < -0.4 is 10.6 Å². The van der Waals surface area contributed by atoms with E-state index in [4.69, 9.17) is 10.3 Å². The molecule has 1 unspecified atom stereocenters. The van der Waals surface area contributed by atoms with Gasteiger partial charge in [0.15, 0.2) is 0 Å². The molecule has 0 aliphatic carbocycles. The van der Waals surface area contributed by atoms with Crippen LogP contribution in [-0.4, -0.2) is 55.5 Å². The lowest BCUT2D eigenvalue weighted by Gasteiger charge is -2.31. The molecule has 2 aliphatic heterocycles. The molecule has 3 aromatic rings. The van der Waals surface area contributed by atoms with E-state index in [0.29, 0.717) is 11.7 Å². The molecule has 2 aliphatic rings. The molecule has 0 radical (unpaired) electrons. The first kappa shape index (κ1) is 19.7. The van der Waals surface area contributed by atoms with Crippen molar-refractivity contribution in [2.45, 2.75) is 38.3 Å². The number of nitrogens with zero attached hydrogens (tertiary/aromatic N) is 6. The Kier molecular flexibility index (Phi) is 5.37. The quantitative estimate of drug-likeness (QED) is 0.616. The third-order valence-corrected chi connectivity index (χ3v) is 6.23. The van der Waals surface area contributed by atoms with E-state index in [1.807, 2.05) is 18.3 Å². The zero-order chi connectivity index (χ0) is 21.2. The second kappa shape index (κ2) is 8.46. The summed E-state index contributed by atoms with van der Waals surface area (Å²) >= 11 is 0. The van der Waals surface area contributed by atoms with E-state index < -0.39 is 0 Å². The summed E-state index contributed by atoms with van der Waals surface area (Å²) in [4.78, 5) is 32.6. The molecule has 10 nitrogen and oxygen atoms in total. The molecule has 31 heavy (non-hydrogen) atoms. The summed E-state index contributed by atoms with van der Waals surface area (Å²) in [6, 6.07) is 4.03. The van der Waals surface area contributed by atoms with Crippen molar-refractivity contribution in [3.8, 4) is 11.4 Å². The molecule has 3 N–H and O–H groups in total. The second-order valence-corrected chi connectivity index (χ2v) is 8.19. The van der Waals surface area contributed by atoms with Crippen molar-refractivity contribution in [3.05, 3.63) is 42.4 Å². The number of rotatable bonds is 6. The molecular formula is C21H26N8O2. The van der Waals surface area contributed by atoms with Crippen LogP contribution in [0.25, 0.3) is 11.4 Å². The highest BCUT2D eigenvalue weighted by atomic mass is 16.5. The number of anilines is 1. The van der Waals surface area contributed by atoms with Gasteiger partial charge in [-0.05, 0) is 44.4 Å². The van der Waals surface area contributed by atoms with E-state index >= 15 is 0 Å². The van der Waals surface area contributed by atoms with Crippen LogP contribution in [0.2, 0.25) is 0 Å². The SMILES string of the molecule is NC(=O)C1CCN(c2ccc(-c3noc(C4CCCN4Cc4ncc[nH]4)n3)cn2)CC1. The van der Waals surface area contributed by atoms with Gasteiger partial charge >= 0.3 is 0 Å². The number of likely N-dealkylation sites (tertiary alicyclic amines) is 1. The molecule has 2 fully saturated rings. The van der Waals surface area contributed by atoms with Crippen LogP contribution >= 0.6 is 0 Å². The van der Waals surface area contributed by atoms with Gasteiger partial charge in [-0.15, -0.1) is 0 Å². The van der Waals surface area contributed by atoms with E-state index in [9.17, 15) is 4.79 Å². The fourth-order valence-electron chi connectivity index (χ4n) is 4.46. The summed E-state index contributed by atoms with van der Waals surface area (Å²) in [5.74, 6) is 2.77. The number of primary amides is 1. The van der Waals surface area contributed by atoms with Crippen molar-refractivity contribution in [1.82, 2.24) is 30.0 Å². The average molecular weight is 422 g/mol. The van der Waals surface area contributed by atoms with Crippen LogP contribution in [0.1, 0.15) is 43.4 Å². The van der Waals surface area contributed by atoms with Gasteiger partial charge in [0, 0.05) is 43.2 Å². The summed E-state index contributed by atoms with van der Waals surface area (Å²) in [6.45, 7) is 3.27. The number of hydrogen-bond donors (Lipinski definition) is 2. The molecule has 2 saturated heterocycles. The van der Waals surface area contributed by atoms with Crippen molar-refractivity contribution in [2.75, 3.05) is 24.5 Å². The van der Waals surface area contributed by atoms with Gasteiger partial charge in [0.1, 0.15) is 11.6 Å². The highest BCUT2D eigenvalue weighted by Gasteiger charge is 2.31. The summed E-state index contributed by atoms with van der Waals surface area (Å²) in [7, 11) is 0. The monoisotopic (exact) mass is 422 g/mol. The maximum absolute atomic E-state index is 11.4. The Balaban J connectivity index is 1.25. The third-order valence-electron chi connectivity index (χ3n) is 6.23. The van der Waals surface area contributed by atoms with E-state index in [1.165, 1.54) is 0 Å². The van der Waals surface area contributed by atoms with Crippen LogP contribution in [0.5, 0.6) is 0 Å². The van der Waals surface area contributed by atoms with Gasteiger partial charge in [-0.1, -0.05) is 5.16 Å². The van der Waals surface area contributed by atoms with E-state index in [2.05, 4.69) is 34.9 Å². The number of nitrogens with one attached hydrogen (secondary N) is 1. The lowest BCUT2D eigenvalue weighted by Crippen LogP contribution is -2.38. The molecule has 1 atom stereocenters. The number of carbonyl (C=O) groups excluding carboxylic acids is 1. The normalized spacial score (nSPS) is 20.4. The number of carbonyl (C=O) groups is 1. The molecule has 0 aromatic carbocycles. The summed E-state index contributed by atoms with van der Waals surface area (Å²) in [6.07, 6.45) is 8.99. The van der Waals surface area contributed by atoms with Crippen molar-refractivity contribution in [1.29, 1.82) is 0 Å². The largest absolute Gasteiger partial charge is 0.369 e. The Hall–Kier alpha value is -3.27. The minimum atomic E-state index is -0.208. The molecule has 10 heteroatoms. The molecule has 5 heterocycles. The zero-order valence-electron chi connectivity index (χ0n) is 17.3. The van der Waals surface area contributed by atoms with E-state index in [1.54, 1.807) is 12.4 Å². The minimum absolute atomic E-state index is 0.0313. The predicted molar refractivity (Wildman–Crippen MR) is 113 cm³/mol. The highest BCUT2D eigenvalue weighted by molar-refractivity contribution is 5.77. The van der Waals surface area contributed by atoms with Crippen LogP contribution in [0.15, 0.2) is 35.2 Å². The van der Waals surface area contributed by atoms with E-state index in [-0.39, 0.29) is 17.9 Å². The zero-order valence-corrected chi connectivity index (χ0v) is 17.3. The van der Waals surface area contributed by atoms with Gasteiger partial charge in [0.25, 0.3) is 0 Å². The Morgan fingerprint density at radius 3 is 2.77 bits per heavy atom. The Morgan fingerprint density at radius 2 is 2.06 bits per heavy atom. The summed E-state index contributed by atoms with van der Waals surface area (Å²) in [5.41, 5.74) is 6.24. The van der Waals surface area contributed by atoms with Crippen LogP contribution in [0.3, 0.4) is 0 Å².